The molecule has 0 aromatic heterocycles. The van der Waals surface area contributed by atoms with Gasteiger partial charge in [0.2, 0.25) is 0 Å². The summed E-state index contributed by atoms with van der Waals surface area (Å²) < 4.78 is 0. The zero-order valence-electron chi connectivity index (χ0n) is 17.6. The van der Waals surface area contributed by atoms with Crippen molar-refractivity contribution < 1.29 is 20.4 Å². The lowest BCUT2D eigenvalue weighted by molar-refractivity contribution is -0.142. The fraction of sp³-hybridized carbons (Fsp3) is 0.739. The van der Waals surface area contributed by atoms with Crippen molar-refractivity contribution in [2.75, 3.05) is 20.2 Å². The molecule has 158 valence electrons. The highest BCUT2D eigenvalue weighted by molar-refractivity contribution is 5.57. The van der Waals surface area contributed by atoms with Crippen molar-refractivity contribution >= 4 is 0 Å². The molecule has 5 heteroatoms. The molecule has 3 unspecified atom stereocenters. The van der Waals surface area contributed by atoms with Gasteiger partial charge in [-0.15, -0.1) is 0 Å². The Balaban J connectivity index is 0.00000109. The minimum Gasteiger partial charge on any atom is -0.504 e. The van der Waals surface area contributed by atoms with Crippen LogP contribution in [-0.2, 0) is 11.8 Å². The van der Waals surface area contributed by atoms with Gasteiger partial charge in [-0.1, -0.05) is 32.3 Å². The zero-order chi connectivity index (χ0) is 20.5. The zero-order valence-corrected chi connectivity index (χ0v) is 17.6. The lowest BCUT2D eigenvalue weighted by Crippen LogP contribution is -2.70. The van der Waals surface area contributed by atoms with E-state index in [1.165, 1.54) is 19.3 Å². The van der Waals surface area contributed by atoms with Gasteiger partial charge in [0.25, 0.3) is 0 Å². The van der Waals surface area contributed by atoms with Crippen LogP contribution >= 0.6 is 0 Å². The summed E-state index contributed by atoms with van der Waals surface area (Å²) in [5, 5.41) is 39.7. The molecule has 0 spiro atoms. The molecule has 5 nitrogen and oxygen atoms in total. The number of benzene rings is 1. The molecule has 4 rings (SSSR count). The number of hydrogen-bond donors (Lipinski definition) is 4. The molecule has 3 atom stereocenters. The SMILES string of the molecule is CCCCC12CCN(CC3CCC3)C(Cc3ccc(O)c(O)c31)C2(C)O.CO. The quantitative estimate of drug-likeness (QED) is 0.579. The van der Waals surface area contributed by atoms with Gasteiger partial charge in [-0.25, -0.2) is 0 Å². The third kappa shape index (κ3) is 3.21. The number of nitrogens with zero attached hydrogens (tertiary/aromatic N) is 1. The second-order valence-corrected chi connectivity index (χ2v) is 9.06. The van der Waals surface area contributed by atoms with Gasteiger partial charge in [0, 0.05) is 30.7 Å². The molecule has 3 aliphatic rings. The summed E-state index contributed by atoms with van der Waals surface area (Å²) in [7, 11) is 1.00. The normalized spacial score (nSPS) is 32.1. The number of likely N-dealkylation sites (tertiary alicyclic amines) is 1. The maximum atomic E-state index is 11.8. The fourth-order valence-corrected chi connectivity index (χ4v) is 5.87. The molecule has 0 radical (unpaired) electrons. The number of phenols is 2. The Morgan fingerprint density at radius 2 is 1.89 bits per heavy atom. The molecular weight excluding hydrogens is 354 g/mol. The molecule has 2 bridgehead atoms. The summed E-state index contributed by atoms with van der Waals surface area (Å²) in [4.78, 5) is 2.51. The molecule has 1 saturated carbocycles. The van der Waals surface area contributed by atoms with E-state index in [-0.39, 0.29) is 17.5 Å². The summed E-state index contributed by atoms with van der Waals surface area (Å²) in [6.07, 6.45) is 8.49. The molecule has 1 heterocycles. The number of aliphatic hydroxyl groups excluding tert-OH is 1. The Bertz CT molecular complexity index is 685. The Kier molecular flexibility index (Phi) is 6.28. The van der Waals surface area contributed by atoms with Crippen LogP contribution < -0.4 is 0 Å². The smallest absolute Gasteiger partial charge is 0.161 e. The standard InChI is InChI=1S/C22H33NO3.CH4O/c1-3-4-10-22-11-12-23(14-15-6-5-7-15)18(21(22,2)26)13-16-8-9-17(24)20(25)19(16)22;1-2/h8-9,15,18,24-26H,3-7,10-14H2,1-2H3;2H,1H3. The molecule has 1 aromatic carbocycles. The van der Waals surface area contributed by atoms with E-state index in [2.05, 4.69) is 11.8 Å². The predicted molar refractivity (Wildman–Crippen MR) is 111 cm³/mol. The lowest BCUT2D eigenvalue weighted by Gasteiger charge is -2.61. The Morgan fingerprint density at radius 1 is 1.18 bits per heavy atom. The van der Waals surface area contributed by atoms with Gasteiger partial charge >= 0.3 is 0 Å². The minimum atomic E-state index is -0.900. The van der Waals surface area contributed by atoms with Crippen molar-refractivity contribution in [3.05, 3.63) is 23.3 Å². The van der Waals surface area contributed by atoms with Gasteiger partial charge in [0.1, 0.15) is 0 Å². The highest BCUT2D eigenvalue weighted by Gasteiger charge is 2.61. The first-order valence-electron chi connectivity index (χ1n) is 10.9. The van der Waals surface area contributed by atoms with E-state index in [1.54, 1.807) is 6.07 Å². The van der Waals surface area contributed by atoms with Crippen LogP contribution in [0.15, 0.2) is 12.1 Å². The van der Waals surface area contributed by atoms with Crippen molar-refractivity contribution in [1.82, 2.24) is 4.90 Å². The summed E-state index contributed by atoms with van der Waals surface area (Å²) in [6.45, 7) is 6.20. The molecule has 28 heavy (non-hydrogen) atoms. The molecule has 1 aliphatic heterocycles. The van der Waals surface area contributed by atoms with Crippen molar-refractivity contribution in [1.29, 1.82) is 0 Å². The molecule has 0 amide bonds. The topological polar surface area (TPSA) is 84.2 Å². The number of aromatic hydroxyl groups is 2. The number of piperidine rings is 1. The average Bonchev–Trinajstić information content (AvgIpc) is 2.63. The molecular formula is C23H37NO4. The summed E-state index contributed by atoms with van der Waals surface area (Å²) in [5.74, 6) is 0.708. The van der Waals surface area contributed by atoms with Crippen molar-refractivity contribution in [2.24, 2.45) is 5.92 Å². The van der Waals surface area contributed by atoms with E-state index in [0.717, 1.165) is 69.3 Å². The number of aliphatic hydroxyl groups is 2. The van der Waals surface area contributed by atoms with E-state index < -0.39 is 11.0 Å². The number of phenolic OH excluding ortho intramolecular Hbond substituents is 2. The molecule has 4 N–H and O–H groups in total. The first kappa shape index (κ1) is 21.4. The van der Waals surface area contributed by atoms with E-state index in [9.17, 15) is 15.3 Å². The highest BCUT2D eigenvalue weighted by atomic mass is 16.3. The van der Waals surface area contributed by atoms with Gasteiger partial charge in [0.15, 0.2) is 11.5 Å². The first-order valence-corrected chi connectivity index (χ1v) is 10.9. The molecule has 1 aromatic rings. The monoisotopic (exact) mass is 391 g/mol. The predicted octanol–water partition coefficient (Wildman–Crippen LogP) is 3.32. The van der Waals surface area contributed by atoms with Crippen molar-refractivity contribution in [2.45, 2.75) is 82.3 Å². The fourth-order valence-electron chi connectivity index (χ4n) is 5.87. The van der Waals surface area contributed by atoms with Gasteiger partial charge in [-0.2, -0.15) is 0 Å². The molecule has 1 saturated heterocycles. The third-order valence-electron chi connectivity index (χ3n) is 7.69. The van der Waals surface area contributed by atoms with Crippen LogP contribution in [0.25, 0.3) is 0 Å². The van der Waals surface area contributed by atoms with Crippen molar-refractivity contribution in [3.8, 4) is 11.5 Å². The van der Waals surface area contributed by atoms with Crippen LogP contribution in [0, 0.1) is 5.92 Å². The average molecular weight is 392 g/mol. The van der Waals surface area contributed by atoms with E-state index in [1.807, 2.05) is 13.0 Å². The largest absolute Gasteiger partial charge is 0.504 e. The number of unbranched alkanes of at least 4 members (excludes halogenated alkanes) is 1. The summed E-state index contributed by atoms with van der Waals surface area (Å²) in [5.41, 5.74) is 0.546. The van der Waals surface area contributed by atoms with Crippen LogP contribution in [0.3, 0.4) is 0 Å². The van der Waals surface area contributed by atoms with Crippen molar-refractivity contribution in [3.63, 3.8) is 0 Å². The van der Waals surface area contributed by atoms with Crippen LogP contribution in [0.1, 0.15) is 69.9 Å². The molecule has 2 aliphatic carbocycles. The Labute approximate surface area is 169 Å². The number of rotatable bonds is 5. The van der Waals surface area contributed by atoms with Crippen LogP contribution in [-0.4, -0.2) is 57.2 Å². The minimum absolute atomic E-state index is 0.00947. The summed E-state index contributed by atoms with van der Waals surface area (Å²) in [6, 6.07) is 3.65. The lowest BCUT2D eigenvalue weighted by atomic mass is 9.53. The first-order chi connectivity index (χ1) is 13.4. The maximum absolute atomic E-state index is 11.8. The van der Waals surface area contributed by atoms with Gasteiger partial charge < -0.3 is 20.4 Å². The van der Waals surface area contributed by atoms with E-state index in [4.69, 9.17) is 5.11 Å². The maximum Gasteiger partial charge on any atom is 0.161 e. The van der Waals surface area contributed by atoms with Crippen LogP contribution in [0.4, 0.5) is 0 Å². The number of fused-ring (bicyclic) bond motifs is 4. The Hall–Kier alpha value is -1.30. The highest BCUT2D eigenvalue weighted by Crippen LogP contribution is 2.57. The second-order valence-electron chi connectivity index (χ2n) is 9.06. The van der Waals surface area contributed by atoms with Crippen LogP contribution in [0.2, 0.25) is 0 Å². The van der Waals surface area contributed by atoms with Gasteiger partial charge in [-0.05, 0) is 63.1 Å². The van der Waals surface area contributed by atoms with Crippen LogP contribution in [0.5, 0.6) is 11.5 Å². The van der Waals surface area contributed by atoms with Gasteiger partial charge in [-0.3, -0.25) is 4.90 Å². The van der Waals surface area contributed by atoms with E-state index >= 15 is 0 Å². The Morgan fingerprint density at radius 3 is 2.50 bits per heavy atom. The third-order valence-corrected chi connectivity index (χ3v) is 7.69. The van der Waals surface area contributed by atoms with Gasteiger partial charge in [0.05, 0.1) is 5.60 Å². The molecule has 2 fully saturated rings. The summed E-state index contributed by atoms with van der Waals surface area (Å²) >= 11 is 0. The number of hydrogen-bond acceptors (Lipinski definition) is 5. The van der Waals surface area contributed by atoms with E-state index in [0.29, 0.717) is 0 Å². The second kappa shape index (κ2) is 8.21.